The molecule has 62 valence electrons. The van der Waals surface area contributed by atoms with Crippen LogP contribution in [0.3, 0.4) is 0 Å². The second kappa shape index (κ2) is 2.80. The van der Waals surface area contributed by atoms with Gasteiger partial charge in [-0.3, -0.25) is 4.79 Å². The molecule has 0 N–H and O–H groups in total. The third kappa shape index (κ3) is 2.18. The lowest BCUT2D eigenvalue weighted by Gasteiger charge is -2.17. The Morgan fingerprint density at radius 1 is 1.55 bits per heavy atom. The van der Waals surface area contributed by atoms with E-state index in [-0.39, 0.29) is 11.3 Å². The summed E-state index contributed by atoms with van der Waals surface area (Å²) < 4.78 is 0. The van der Waals surface area contributed by atoms with Gasteiger partial charge >= 0.3 is 0 Å². The molecule has 1 rings (SSSR count). The van der Waals surface area contributed by atoms with E-state index in [1.54, 1.807) is 0 Å². The Bertz CT molecular complexity index is 189. The fourth-order valence-corrected chi connectivity index (χ4v) is 1.40. The van der Waals surface area contributed by atoms with Crippen molar-refractivity contribution in [3.63, 3.8) is 0 Å². The number of rotatable bonds is 0. The average Bonchev–Trinajstić information content (AvgIpc) is 1.93. The van der Waals surface area contributed by atoms with E-state index < -0.39 is 0 Å². The Kier molecular flexibility index (Phi) is 2.17. The van der Waals surface area contributed by atoms with Crippen LogP contribution in [-0.2, 0) is 4.79 Å². The van der Waals surface area contributed by atoms with Crippen molar-refractivity contribution in [2.24, 2.45) is 11.3 Å². The van der Waals surface area contributed by atoms with E-state index in [1.165, 1.54) is 0 Å². The zero-order chi connectivity index (χ0) is 8.48. The fraction of sp³-hybridized carbons (Fsp3) is 0.700. The molecule has 0 saturated heterocycles. The monoisotopic (exact) mass is 152 g/mol. The zero-order valence-electron chi connectivity index (χ0n) is 7.55. The first-order valence-electron chi connectivity index (χ1n) is 4.22. The maximum Gasteiger partial charge on any atom is 0.136 e. The predicted molar refractivity (Wildman–Crippen MR) is 46.3 cm³/mol. The zero-order valence-corrected chi connectivity index (χ0v) is 7.55. The average molecular weight is 152 g/mol. The second-order valence-electron chi connectivity index (χ2n) is 4.17. The van der Waals surface area contributed by atoms with Crippen LogP contribution < -0.4 is 0 Å². The van der Waals surface area contributed by atoms with Crippen molar-refractivity contribution in [3.05, 3.63) is 12.2 Å². The molecular weight excluding hydrogens is 136 g/mol. The number of hydrogen-bond acceptors (Lipinski definition) is 1. The Morgan fingerprint density at radius 2 is 2.18 bits per heavy atom. The largest absolute Gasteiger partial charge is 0.299 e. The van der Waals surface area contributed by atoms with E-state index in [0.29, 0.717) is 12.2 Å². The van der Waals surface area contributed by atoms with Crippen molar-refractivity contribution in [3.8, 4) is 0 Å². The third-order valence-electron chi connectivity index (χ3n) is 2.24. The lowest BCUT2D eigenvalue weighted by Crippen LogP contribution is -2.16. The number of ketones is 1. The number of hydrogen-bond donors (Lipinski definition) is 0. The summed E-state index contributed by atoms with van der Waals surface area (Å²) in [5.74, 6) is 0.632. The second-order valence-corrected chi connectivity index (χ2v) is 4.17. The molecule has 0 aromatic heterocycles. The van der Waals surface area contributed by atoms with Gasteiger partial charge in [0.2, 0.25) is 0 Å². The summed E-state index contributed by atoms with van der Waals surface area (Å²) in [6, 6.07) is 0. The highest BCUT2D eigenvalue weighted by Gasteiger charge is 2.24. The van der Waals surface area contributed by atoms with Gasteiger partial charge in [0.05, 0.1) is 0 Å². The van der Waals surface area contributed by atoms with E-state index in [1.807, 2.05) is 6.92 Å². The van der Waals surface area contributed by atoms with Crippen molar-refractivity contribution < 1.29 is 4.79 Å². The van der Waals surface area contributed by atoms with E-state index in [2.05, 4.69) is 26.0 Å². The SMILES string of the molecule is CC1CC=CC(C)(C)CC1=O. The van der Waals surface area contributed by atoms with E-state index in [9.17, 15) is 4.79 Å². The van der Waals surface area contributed by atoms with Crippen LogP contribution >= 0.6 is 0 Å². The van der Waals surface area contributed by atoms with Crippen LogP contribution in [-0.4, -0.2) is 5.78 Å². The van der Waals surface area contributed by atoms with Crippen molar-refractivity contribution in [2.45, 2.75) is 33.6 Å². The molecule has 0 aromatic carbocycles. The molecule has 0 heterocycles. The quantitative estimate of drug-likeness (QED) is 0.487. The highest BCUT2D eigenvalue weighted by molar-refractivity contribution is 5.82. The standard InChI is InChI=1S/C10H16O/c1-8-5-4-6-10(2,3)7-9(8)11/h4,6,8H,5,7H2,1-3H3. The maximum absolute atomic E-state index is 11.4. The number of Topliss-reactive ketones (excluding diaryl/α,β-unsaturated/α-hetero) is 1. The van der Waals surface area contributed by atoms with Crippen molar-refractivity contribution in [1.29, 1.82) is 0 Å². The van der Waals surface area contributed by atoms with Crippen LogP contribution in [0.25, 0.3) is 0 Å². The van der Waals surface area contributed by atoms with Crippen molar-refractivity contribution >= 4 is 5.78 Å². The van der Waals surface area contributed by atoms with Crippen LogP contribution in [0.1, 0.15) is 33.6 Å². The van der Waals surface area contributed by atoms with E-state index in [0.717, 1.165) is 6.42 Å². The molecule has 1 heteroatoms. The van der Waals surface area contributed by atoms with Crippen LogP contribution in [0.2, 0.25) is 0 Å². The lowest BCUT2D eigenvalue weighted by molar-refractivity contribution is -0.123. The molecule has 0 amide bonds. The van der Waals surface area contributed by atoms with Crippen LogP contribution in [0.5, 0.6) is 0 Å². The van der Waals surface area contributed by atoms with Gasteiger partial charge < -0.3 is 0 Å². The maximum atomic E-state index is 11.4. The predicted octanol–water partition coefficient (Wildman–Crippen LogP) is 2.57. The Morgan fingerprint density at radius 3 is 2.82 bits per heavy atom. The first-order chi connectivity index (χ1) is 5.01. The van der Waals surface area contributed by atoms with Crippen LogP contribution in [0.4, 0.5) is 0 Å². The summed E-state index contributed by atoms with van der Waals surface area (Å²) in [6.07, 6.45) is 5.91. The van der Waals surface area contributed by atoms with Gasteiger partial charge in [0.1, 0.15) is 5.78 Å². The van der Waals surface area contributed by atoms with Gasteiger partial charge in [-0.05, 0) is 11.8 Å². The van der Waals surface area contributed by atoms with Crippen LogP contribution in [0.15, 0.2) is 12.2 Å². The first kappa shape index (κ1) is 8.51. The van der Waals surface area contributed by atoms with Gasteiger partial charge in [0.25, 0.3) is 0 Å². The summed E-state index contributed by atoms with van der Waals surface area (Å²) in [7, 11) is 0. The van der Waals surface area contributed by atoms with Gasteiger partial charge in [-0.15, -0.1) is 0 Å². The molecule has 1 atom stereocenters. The Balaban J connectivity index is 2.75. The molecule has 1 nitrogen and oxygen atoms in total. The molecule has 0 spiro atoms. The topological polar surface area (TPSA) is 17.1 Å². The molecule has 11 heavy (non-hydrogen) atoms. The molecule has 0 radical (unpaired) electrons. The van der Waals surface area contributed by atoms with E-state index >= 15 is 0 Å². The minimum Gasteiger partial charge on any atom is -0.299 e. The molecule has 0 fully saturated rings. The molecular formula is C10H16O. The molecule has 1 unspecified atom stereocenters. The summed E-state index contributed by atoms with van der Waals surface area (Å²) >= 11 is 0. The van der Waals surface area contributed by atoms with Crippen molar-refractivity contribution in [2.75, 3.05) is 0 Å². The summed E-state index contributed by atoms with van der Waals surface area (Å²) in [5, 5.41) is 0. The number of allylic oxidation sites excluding steroid dienone is 2. The molecule has 0 aliphatic heterocycles. The van der Waals surface area contributed by atoms with Gasteiger partial charge in [-0.2, -0.15) is 0 Å². The summed E-state index contributed by atoms with van der Waals surface area (Å²) in [6.45, 7) is 6.23. The molecule has 1 aliphatic carbocycles. The van der Waals surface area contributed by atoms with Crippen LogP contribution in [0, 0.1) is 11.3 Å². The first-order valence-corrected chi connectivity index (χ1v) is 4.22. The fourth-order valence-electron chi connectivity index (χ4n) is 1.40. The van der Waals surface area contributed by atoms with Gasteiger partial charge in [-0.1, -0.05) is 32.9 Å². The van der Waals surface area contributed by atoms with Crippen molar-refractivity contribution in [1.82, 2.24) is 0 Å². The Hall–Kier alpha value is -0.590. The minimum atomic E-state index is 0.0852. The number of carbonyl (C=O) groups is 1. The smallest absolute Gasteiger partial charge is 0.136 e. The highest BCUT2D eigenvalue weighted by atomic mass is 16.1. The molecule has 1 aliphatic rings. The van der Waals surface area contributed by atoms with Gasteiger partial charge in [0, 0.05) is 12.3 Å². The van der Waals surface area contributed by atoms with Gasteiger partial charge in [-0.25, -0.2) is 0 Å². The molecule has 0 saturated carbocycles. The Labute approximate surface area is 68.5 Å². The normalized spacial score (nSPS) is 30.1. The van der Waals surface area contributed by atoms with E-state index in [4.69, 9.17) is 0 Å². The molecule has 0 aromatic rings. The summed E-state index contributed by atoms with van der Waals surface area (Å²) in [4.78, 5) is 11.4. The third-order valence-corrected chi connectivity index (χ3v) is 2.24. The highest BCUT2D eigenvalue weighted by Crippen LogP contribution is 2.28. The number of carbonyl (C=O) groups excluding carboxylic acids is 1. The molecule has 0 bridgehead atoms. The minimum absolute atomic E-state index is 0.0852. The lowest BCUT2D eigenvalue weighted by atomic mass is 9.86. The van der Waals surface area contributed by atoms with Gasteiger partial charge in [0.15, 0.2) is 0 Å². The summed E-state index contributed by atoms with van der Waals surface area (Å²) in [5.41, 5.74) is 0.0852.